The van der Waals surface area contributed by atoms with E-state index in [0.717, 1.165) is 66.9 Å². The van der Waals surface area contributed by atoms with Crippen LogP contribution in [0.1, 0.15) is 64.1 Å². The van der Waals surface area contributed by atoms with Gasteiger partial charge in [0, 0.05) is 16.8 Å². The van der Waals surface area contributed by atoms with Gasteiger partial charge in [-0.2, -0.15) is 0 Å². The SMILES string of the molecule is CC(C)(C)c1ccc(-c2c3ccc(cc4nc(c5ccc([n-]5)c(-c5ccc(C(C)(C)C)cc5)c5ccc2o5)C=C4)[n-]3)cc1.[Cu+2]. The molecule has 1 aliphatic rings. The van der Waals surface area contributed by atoms with E-state index in [4.69, 9.17) is 19.4 Å². The van der Waals surface area contributed by atoms with Gasteiger partial charge in [0.05, 0.1) is 5.69 Å². The Morgan fingerprint density at radius 3 is 1.59 bits per heavy atom. The Balaban J connectivity index is 0.00000343. The van der Waals surface area contributed by atoms with Gasteiger partial charge < -0.3 is 14.4 Å². The molecule has 0 N–H and O–H groups in total. The topological polar surface area (TPSA) is 54.2 Å². The predicted molar refractivity (Wildman–Crippen MR) is 179 cm³/mol. The van der Waals surface area contributed by atoms with Gasteiger partial charge in [0.25, 0.3) is 0 Å². The van der Waals surface area contributed by atoms with E-state index in [0.29, 0.717) is 0 Å². The van der Waals surface area contributed by atoms with E-state index in [9.17, 15) is 0 Å². The van der Waals surface area contributed by atoms with Gasteiger partial charge in [0.15, 0.2) is 0 Å². The van der Waals surface area contributed by atoms with Crippen molar-refractivity contribution >= 4 is 45.4 Å². The van der Waals surface area contributed by atoms with E-state index in [1.165, 1.54) is 11.1 Å². The number of hydrogen-bond donors (Lipinski definition) is 0. The van der Waals surface area contributed by atoms with Gasteiger partial charge in [-0.05, 0) is 57.4 Å². The molecule has 1 radical (unpaired) electrons. The minimum atomic E-state index is 0. The summed E-state index contributed by atoms with van der Waals surface area (Å²) in [6, 6.07) is 31.9. The van der Waals surface area contributed by atoms with Gasteiger partial charge in [-0.3, -0.25) is 4.98 Å². The molecule has 7 rings (SSSR count). The number of nitrogens with zero attached hydrogens (tertiary/aromatic N) is 3. The minimum absolute atomic E-state index is 0. The van der Waals surface area contributed by atoms with Gasteiger partial charge >= 0.3 is 17.1 Å². The zero-order valence-electron chi connectivity index (χ0n) is 25.9. The Hall–Kier alpha value is -4.31. The van der Waals surface area contributed by atoms with Crippen LogP contribution in [0.15, 0.2) is 95.4 Å². The van der Waals surface area contributed by atoms with E-state index in [1.807, 2.05) is 30.4 Å². The second-order valence-corrected chi connectivity index (χ2v) is 13.4. The van der Waals surface area contributed by atoms with Crippen molar-refractivity contribution in [2.45, 2.75) is 52.4 Å². The van der Waals surface area contributed by atoms with Crippen LogP contribution in [0.3, 0.4) is 0 Å². The molecule has 223 valence electrons. The zero-order chi connectivity index (χ0) is 29.9. The Labute approximate surface area is 269 Å². The summed E-state index contributed by atoms with van der Waals surface area (Å²) in [4.78, 5) is 14.9. The molecule has 8 bridgehead atoms. The van der Waals surface area contributed by atoms with E-state index in [1.54, 1.807) is 0 Å². The molecule has 1 aliphatic heterocycles. The summed E-state index contributed by atoms with van der Waals surface area (Å²) in [5.41, 5.74) is 13.3. The zero-order valence-corrected chi connectivity index (χ0v) is 26.8. The summed E-state index contributed by atoms with van der Waals surface area (Å²) in [6.07, 6.45) is 4.04. The summed E-state index contributed by atoms with van der Waals surface area (Å²) < 4.78 is 6.77. The van der Waals surface area contributed by atoms with Crippen LogP contribution >= 0.6 is 0 Å². The molecule has 0 unspecified atom stereocenters. The Bertz CT molecular complexity index is 2130. The Kier molecular flexibility index (Phi) is 7.44. The van der Waals surface area contributed by atoms with Gasteiger partial charge in [0.1, 0.15) is 11.2 Å². The molecule has 0 saturated carbocycles. The van der Waals surface area contributed by atoms with Crippen molar-refractivity contribution in [1.29, 1.82) is 0 Å². The van der Waals surface area contributed by atoms with E-state index in [2.05, 4.69) is 114 Å². The molecule has 5 heteroatoms. The number of benzene rings is 2. The summed E-state index contributed by atoms with van der Waals surface area (Å²) in [5.74, 6) is 0. The van der Waals surface area contributed by atoms with Crippen LogP contribution in [-0.2, 0) is 27.9 Å². The maximum Gasteiger partial charge on any atom is 2.00 e. The molecule has 5 heterocycles. The Morgan fingerprint density at radius 2 is 1.05 bits per heavy atom. The van der Waals surface area contributed by atoms with Crippen molar-refractivity contribution in [2.75, 3.05) is 0 Å². The maximum atomic E-state index is 6.77. The number of rotatable bonds is 2. The first-order valence-corrected chi connectivity index (χ1v) is 14.9. The molecule has 0 saturated heterocycles. The summed E-state index contributed by atoms with van der Waals surface area (Å²) in [7, 11) is 0. The summed E-state index contributed by atoms with van der Waals surface area (Å²) in [6.45, 7) is 13.4. The van der Waals surface area contributed by atoms with Crippen molar-refractivity contribution in [3.63, 3.8) is 0 Å². The van der Waals surface area contributed by atoms with Crippen molar-refractivity contribution in [3.8, 4) is 22.3 Å². The van der Waals surface area contributed by atoms with Crippen molar-refractivity contribution in [3.05, 3.63) is 114 Å². The first kappa shape index (κ1) is 29.7. The van der Waals surface area contributed by atoms with Crippen LogP contribution in [0.5, 0.6) is 0 Å². The molecule has 6 aromatic rings. The number of fused-ring (bicyclic) bond motifs is 9. The fraction of sp³-hybridized carbons (Fsp3) is 0.205. The van der Waals surface area contributed by atoms with Gasteiger partial charge in [-0.15, -0.1) is 22.1 Å². The minimum Gasteiger partial charge on any atom is -0.657 e. The average molecular weight is 625 g/mol. The quantitative estimate of drug-likeness (QED) is 0.180. The monoisotopic (exact) mass is 624 g/mol. The molecular formula is C39H35CuN3O. The second-order valence-electron chi connectivity index (χ2n) is 13.4. The third-order valence-electron chi connectivity index (χ3n) is 8.21. The molecule has 2 aromatic carbocycles. The third kappa shape index (κ3) is 5.54. The van der Waals surface area contributed by atoms with E-state index in [-0.39, 0.29) is 27.9 Å². The van der Waals surface area contributed by atoms with Crippen LogP contribution in [0.25, 0.3) is 67.6 Å². The third-order valence-corrected chi connectivity index (χ3v) is 8.21. The largest absolute Gasteiger partial charge is 2.00 e. The fourth-order valence-electron chi connectivity index (χ4n) is 5.71. The van der Waals surface area contributed by atoms with Crippen molar-refractivity contribution in [2.24, 2.45) is 0 Å². The molecule has 0 fully saturated rings. The standard InChI is InChI=1S/C39H35N3O.Cu/c1-38(2,3)26-11-7-24(8-12-26)36-32-18-16-29(41-32)23-28-15-17-30(40-28)31-19-20-33(42-31)37(35-22-21-34(36)43-35)25-9-13-27(14-10-25)39(4,5)6;/h7-23H,1-6H3;/q-2;+2. The molecule has 0 spiro atoms. The molecule has 4 aromatic heterocycles. The van der Waals surface area contributed by atoms with Crippen LogP contribution in [0, 0.1) is 0 Å². The van der Waals surface area contributed by atoms with Crippen LogP contribution in [0.2, 0.25) is 0 Å². The van der Waals surface area contributed by atoms with Gasteiger partial charge in [-0.1, -0.05) is 120 Å². The van der Waals surface area contributed by atoms with Gasteiger partial charge in [-0.25, -0.2) is 0 Å². The van der Waals surface area contributed by atoms with E-state index < -0.39 is 0 Å². The number of hydrogen-bond acceptors (Lipinski definition) is 2. The molecular weight excluding hydrogens is 590 g/mol. The number of aromatic nitrogens is 3. The summed E-state index contributed by atoms with van der Waals surface area (Å²) >= 11 is 0. The Morgan fingerprint density at radius 1 is 0.545 bits per heavy atom. The summed E-state index contributed by atoms with van der Waals surface area (Å²) in [5, 5.41) is 0. The van der Waals surface area contributed by atoms with E-state index >= 15 is 0 Å². The predicted octanol–water partition coefficient (Wildman–Crippen LogP) is 10.1. The van der Waals surface area contributed by atoms with Crippen LogP contribution in [0.4, 0.5) is 0 Å². The normalized spacial score (nSPS) is 12.5. The van der Waals surface area contributed by atoms with Gasteiger partial charge in [0.2, 0.25) is 0 Å². The second kappa shape index (κ2) is 11.0. The van der Waals surface area contributed by atoms with Crippen LogP contribution < -0.4 is 9.97 Å². The fourth-order valence-corrected chi connectivity index (χ4v) is 5.71. The first-order chi connectivity index (χ1) is 20.5. The van der Waals surface area contributed by atoms with Crippen molar-refractivity contribution < 1.29 is 21.5 Å². The van der Waals surface area contributed by atoms with Crippen LogP contribution in [-0.4, -0.2) is 4.98 Å². The maximum absolute atomic E-state index is 6.77. The average Bonchev–Trinajstić information content (AvgIpc) is 3.78. The molecule has 0 aliphatic carbocycles. The first-order valence-electron chi connectivity index (χ1n) is 14.9. The van der Waals surface area contributed by atoms with Crippen molar-refractivity contribution in [1.82, 2.24) is 15.0 Å². The molecule has 4 nitrogen and oxygen atoms in total. The smallest absolute Gasteiger partial charge is 0.657 e. The molecule has 0 atom stereocenters. The molecule has 0 amide bonds. The number of furan rings is 1. The molecule has 44 heavy (non-hydrogen) atoms.